The van der Waals surface area contributed by atoms with Crippen LogP contribution in [0.4, 0.5) is 0 Å². The third-order valence-electron chi connectivity index (χ3n) is 2.08. The van der Waals surface area contributed by atoms with Gasteiger partial charge in [-0.25, -0.2) is 0 Å². The number of nitrogens with zero attached hydrogens (tertiary/aromatic N) is 2. The van der Waals surface area contributed by atoms with Crippen LogP contribution in [-0.2, 0) is 0 Å². The quantitative estimate of drug-likeness (QED) is 0.498. The molecule has 1 rings (SSSR count). The van der Waals surface area contributed by atoms with E-state index >= 15 is 0 Å². The molecule has 0 fully saturated rings. The smallest absolute Gasteiger partial charge is 0.0961 e. The lowest BCUT2D eigenvalue weighted by molar-refractivity contribution is 0.355. The molecule has 2 nitrogen and oxygen atoms in total. The van der Waals surface area contributed by atoms with E-state index in [-0.39, 0.29) is 5.54 Å². The summed E-state index contributed by atoms with van der Waals surface area (Å²) in [5.41, 5.74) is 0.177. The van der Waals surface area contributed by atoms with Gasteiger partial charge >= 0.3 is 0 Å². The summed E-state index contributed by atoms with van der Waals surface area (Å²) in [6, 6.07) is 0. The lowest BCUT2D eigenvalue weighted by atomic mass is 10.00. The highest BCUT2D eigenvalue weighted by Gasteiger charge is 2.22. The third-order valence-corrected chi connectivity index (χ3v) is 2.08. The second-order valence-corrected chi connectivity index (χ2v) is 3.64. The molecular weight excluding hydrogens is 124 g/mol. The summed E-state index contributed by atoms with van der Waals surface area (Å²) in [5, 5.41) is 0. The fourth-order valence-electron chi connectivity index (χ4n) is 1.18. The Bertz CT molecular complexity index is 159. The summed E-state index contributed by atoms with van der Waals surface area (Å²) in [4.78, 5) is 6.74. The van der Waals surface area contributed by atoms with Crippen LogP contribution >= 0.6 is 0 Å². The number of hydrogen-bond donors (Lipinski definition) is 0. The topological polar surface area (TPSA) is 15.6 Å². The highest BCUT2D eigenvalue weighted by atomic mass is 15.2. The molecule has 0 radical (unpaired) electrons. The van der Waals surface area contributed by atoms with E-state index in [1.165, 1.54) is 6.42 Å². The number of rotatable bonds is 0. The number of hydrogen-bond acceptors (Lipinski definition) is 2. The lowest BCUT2D eigenvalue weighted by Gasteiger charge is -2.32. The Hall–Kier alpha value is -0.530. The van der Waals surface area contributed by atoms with E-state index < -0.39 is 0 Å². The van der Waals surface area contributed by atoms with E-state index in [4.69, 9.17) is 0 Å². The van der Waals surface area contributed by atoms with E-state index in [0.29, 0.717) is 0 Å². The van der Waals surface area contributed by atoms with Gasteiger partial charge < -0.3 is 4.90 Å². The summed E-state index contributed by atoms with van der Waals surface area (Å²) in [6.45, 7) is 7.58. The summed E-state index contributed by atoms with van der Waals surface area (Å²) in [5.74, 6) is 1.16. The van der Waals surface area contributed by atoms with Gasteiger partial charge in [0.15, 0.2) is 0 Å². The minimum absolute atomic E-state index is 0.177. The maximum Gasteiger partial charge on any atom is 0.0961 e. The average molecular weight is 140 g/mol. The monoisotopic (exact) mass is 140 g/mol. The van der Waals surface area contributed by atoms with Gasteiger partial charge in [-0.05, 0) is 27.2 Å². The van der Waals surface area contributed by atoms with Crippen LogP contribution in [0.1, 0.15) is 27.2 Å². The molecule has 10 heavy (non-hydrogen) atoms. The van der Waals surface area contributed by atoms with E-state index in [1.807, 2.05) is 0 Å². The van der Waals surface area contributed by atoms with Crippen molar-refractivity contribution in [3.8, 4) is 0 Å². The van der Waals surface area contributed by atoms with Crippen LogP contribution in [0.5, 0.6) is 0 Å². The predicted molar refractivity (Wildman–Crippen MR) is 44.4 cm³/mol. The fraction of sp³-hybridized carbons (Fsp3) is 0.875. The van der Waals surface area contributed by atoms with Crippen LogP contribution < -0.4 is 0 Å². The first-order valence-electron chi connectivity index (χ1n) is 3.79. The first-order chi connectivity index (χ1) is 4.51. The second-order valence-electron chi connectivity index (χ2n) is 3.64. The van der Waals surface area contributed by atoms with Crippen LogP contribution in [0.2, 0.25) is 0 Å². The van der Waals surface area contributed by atoms with Gasteiger partial charge in [0.05, 0.1) is 11.4 Å². The van der Waals surface area contributed by atoms with Gasteiger partial charge in [-0.3, -0.25) is 4.99 Å². The third kappa shape index (κ3) is 1.49. The molecule has 1 aliphatic heterocycles. The van der Waals surface area contributed by atoms with Gasteiger partial charge in [-0.1, -0.05) is 0 Å². The molecule has 0 N–H and O–H groups in total. The molecule has 1 heterocycles. The van der Waals surface area contributed by atoms with Crippen LogP contribution in [-0.4, -0.2) is 29.9 Å². The van der Waals surface area contributed by atoms with Crippen molar-refractivity contribution in [3.05, 3.63) is 0 Å². The Labute approximate surface area is 62.9 Å². The van der Waals surface area contributed by atoms with Gasteiger partial charge in [0.25, 0.3) is 0 Å². The van der Waals surface area contributed by atoms with Crippen LogP contribution in [0, 0.1) is 0 Å². The van der Waals surface area contributed by atoms with Crippen molar-refractivity contribution in [2.45, 2.75) is 32.7 Å². The Morgan fingerprint density at radius 2 is 2.10 bits per heavy atom. The molecule has 0 spiro atoms. The Kier molecular flexibility index (Phi) is 1.71. The number of amidine groups is 1. The molecule has 0 aromatic carbocycles. The molecule has 0 saturated carbocycles. The standard InChI is InChI=1S/C8H16N2/c1-7-9-8(2,3)5-6-10(7)4/h5-6H2,1-4H3. The van der Waals surface area contributed by atoms with Gasteiger partial charge in [-0.2, -0.15) is 0 Å². The highest BCUT2D eigenvalue weighted by Crippen LogP contribution is 2.19. The predicted octanol–water partition coefficient (Wildman–Crippen LogP) is 1.52. The lowest BCUT2D eigenvalue weighted by Crippen LogP contribution is -2.37. The first kappa shape index (κ1) is 7.58. The summed E-state index contributed by atoms with van der Waals surface area (Å²) in [7, 11) is 2.09. The molecule has 0 saturated heterocycles. The van der Waals surface area contributed by atoms with Gasteiger partial charge in [-0.15, -0.1) is 0 Å². The Balaban J connectivity index is 2.76. The molecule has 0 amide bonds. The van der Waals surface area contributed by atoms with Crippen molar-refractivity contribution in [3.63, 3.8) is 0 Å². The normalized spacial score (nSPS) is 24.4. The zero-order valence-corrected chi connectivity index (χ0v) is 7.31. The molecule has 2 heteroatoms. The van der Waals surface area contributed by atoms with Crippen LogP contribution in [0.15, 0.2) is 4.99 Å². The fourth-order valence-corrected chi connectivity index (χ4v) is 1.18. The number of aliphatic imine (C=N–C) groups is 1. The maximum absolute atomic E-state index is 4.54. The Morgan fingerprint density at radius 3 is 2.50 bits per heavy atom. The molecule has 0 aromatic heterocycles. The van der Waals surface area contributed by atoms with Crippen LogP contribution in [0.25, 0.3) is 0 Å². The van der Waals surface area contributed by atoms with Crippen molar-refractivity contribution < 1.29 is 0 Å². The molecular formula is C8H16N2. The van der Waals surface area contributed by atoms with Crippen molar-refractivity contribution in [2.75, 3.05) is 13.6 Å². The van der Waals surface area contributed by atoms with Crippen molar-refractivity contribution in [1.29, 1.82) is 0 Å². The van der Waals surface area contributed by atoms with E-state index in [2.05, 4.69) is 37.7 Å². The van der Waals surface area contributed by atoms with E-state index in [0.717, 1.165) is 12.4 Å². The minimum atomic E-state index is 0.177. The van der Waals surface area contributed by atoms with Gasteiger partial charge in [0, 0.05) is 13.6 Å². The summed E-state index contributed by atoms with van der Waals surface area (Å²) in [6.07, 6.45) is 1.17. The van der Waals surface area contributed by atoms with Crippen molar-refractivity contribution >= 4 is 5.84 Å². The minimum Gasteiger partial charge on any atom is -0.364 e. The Morgan fingerprint density at radius 1 is 1.50 bits per heavy atom. The molecule has 0 atom stereocenters. The zero-order chi connectivity index (χ0) is 7.78. The molecule has 58 valence electrons. The highest BCUT2D eigenvalue weighted by molar-refractivity contribution is 5.80. The molecule has 0 aromatic rings. The van der Waals surface area contributed by atoms with Crippen LogP contribution in [0.3, 0.4) is 0 Å². The molecule has 0 unspecified atom stereocenters. The van der Waals surface area contributed by atoms with Gasteiger partial charge in [0.2, 0.25) is 0 Å². The molecule has 0 aliphatic carbocycles. The zero-order valence-electron chi connectivity index (χ0n) is 7.31. The summed E-state index contributed by atoms with van der Waals surface area (Å²) < 4.78 is 0. The van der Waals surface area contributed by atoms with Gasteiger partial charge in [0.1, 0.15) is 0 Å². The first-order valence-corrected chi connectivity index (χ1v) is 3.79. The summed E-state index contributed by atoms with van der Waals surface area (Å²) >= 11 is 0. The second kappa shape index (κ2) is 2.26. The average Bonchev–Trinajstić information content (AvgIpc) is 1.79. The largest absolute Gasteiger partial charge is 0.364 e. The molecule has 1 aliphatic rings. The van der Waals surface area contributed by atoms with E-state index in [9.17, 15) is 0 Å². The maximum atomic E-state index is 4.54. The van der Waals surface area contributed by atoms with Crippen molar-refractivity contribution in [2.24, 2.45) is 4.99 Å². The SMILES string of the molecule is CC1=NC(C)(C)CCN1C. The molecule has 0 bridgehead atoms. The van der Waals surface area contributed by atoms with E-state index in [1.54, 1.807) is 0 Å². The van der Waals surface area contributed by atoms with Crippen molar-refractivity contribution in [1.82, 2.24) is 4.90 Å².